The van der Waals surface area contributed by atoms with Gasteiger partial charge in [-0.1, -0.05) is 19.1 Å². The molecule has 0 aromatic heterocycles. The van der Waals surface area contributed by atoms with Gasteiger partial charge in [0.05, 0.1) is 6.42 Å². The number of nitrogens with zero attached hydrogens (tertiary/aromatic N) is 1. The lowest BCUT2D eigenvalue weighted by atomic mass is 10.1. The van der Waals surface area contributed by atoms with E-state index in [0.29, 0.717) is 30.8 Å². The second-order valence-electron chi connectivity index (χ2n) is 4.43. The molecule has 0 spiro atoms. The largest absolute Gasteiger partial charge is 0.341 e. The summed E-state index contributed by atoms with van der Waals surface area (Å²) in [4.78, 5) is 13.8. The predicted octanol–water partition coefficient (Wildman–Crippen LogP) is 1.87. The van der Waals surface area contributed by atoms with Gasteiger partial charge in [0.15, 0.2) is 0 Å². The Hall–Kier alpha value is -1.42. The van der Waals surface area contributed by atoms with Gasteiger partial charge in [0.25, 0.3) is 0 Å². The van der Waals surface area contributed by atoms with Crippen LogP contribution in [-0.2, 0) is 11.2 Å². The number of carbonyl (C=O) groups excluding carboxylic acids is 1. The Morgan fingerprint density at radius 3 is 2.67 bits per heavy atom. The Morgan fingerprint density at radius 2 is 2.11 bits per heavy atom. The van der Waals surface area contributed by atoms with E-state index < -0.39 is 0 Å². The van der Waals surface area contributed by atoms with Gasteiger partial charge in [-0.15, -0.1) is 0 Å². The zero-order valence-electron chi connectivity index (χ0n) is 11.1. The number of rotatable bonds is 6. The lowest BCUT2D eigenvalue weighted by Crippen LogP contribution is -2.36. The van der Waals surface area contributed by atoms with E-state index in [9.17, 15) is 9.18 Å². The van der Waals surface area contributed by atoms with Gasteiger partial charge in [-0.05, 0) is 30.5 Å². The Balaban J connectivity index is 2.69. The van der Waals surface area contributed by atoms with Gasteiger partial charge in [0, 0.05) is 19.6 Å². The fourth-order valence-corrected chi connectivity index (χ4v) is 1.82. The van der Waals surface area contributed by atoms with E-state index in [1.54, 1.807) is 24.0 Å². The second kappa shape index (κ2) is 7.11. The van der Waals surface area contributed by atoms with Gasteiger partial charge in [-0.3, -0.25) is 4.79 Å². The molecule has 0 fully saturated rings. The number of hydrogen-bond acceptors (Lipinski definition) is 2. The van der Waals surface area contributed by atoms with Gasteiger partial charge in [-0.2, -0.15) is 0 Å². The monoisotopic (exact) mass is 252 g/mol. The third kappa shape index (κ3) is 4.11. The fourth-order valence-electron chi connectivity index (χ4n) is 1.82. The molecule has 18 heavy (non-hydrogen) atoms. The molecule has 100 valence electrons. The summed E-state index contributed by atoms with van der Waals surface area (Å²) in [5, 5.41) is 0. The minimum atomic E-state index is -0.263. The van der Waals surface area contributed by atoms with Gasteiger partial charge >= 0.3 is 0 Å². The van der Waals surface area contributed by atoms with E-state index >= 15 is 0 Å². The molecule has 0 aliphatic heterocycles. The molecule has 0 saturated heterocycles. The molecule has 3 nitrogen and oxygen atoms in total. The fraction of sp³-hybridized carbons (Fsp3) is 0.500. The Bertz CT molecular complexity index is 401. The van der Waals surface area contributed by atoms with Crippen molar-refractivity contribution in [1.82, 2.24) is 4.90 Å². The summed E-state index contributed by atoms with van der Waals surface area (Å²) in [6.45, 7) is 5.43. The summed E-state index contributed by atoms with van der Waals surface area (Å²) >= 11 is 0. The molecule has 1 rings (SSSR count). The molecule has 0 atom stereocenters. The first kappa shape index (κ1) is 14.6. The van der Waals surface area contributed by atoms with Crippen LogP contribution in [0.15, 0.2) is 18.2 Å². The van der Waals surface area contributed by atoms with Crippen LogP contribution in [0.5, 0.6) is 0 Å². The van der Waals surface area contributed by atoms with Crippen LogP contribution in [0.25, 0.3) is 0 Å². The molecule has 0 aliphatic rings. The van der Waals surface area contributed by atoms with Crippen molar-refractivity contribution < 1.29 is 9.18 Å². The second-order valence-corrected chi connectivity index (χ2v) is 4.43. The maximum absolute atomic E-state index is 13.4. The molecule has 0 radical (unpaired) electrons. The zero-order valence-corrected chi connectivity index (χ0v) is 11.1. The van der Waals surface area contributed by atoms with E-state index in [1.165, 1.54) is 6.07 Å². The van der Waals surface area contributed by atoms with Crippen molar-refractivity contribution in [3.05, 3.63) is 35.1 Å². The van der Waals surface area contributed by atoms with E-state index in [0.717, 1.165) is 6.42 Å². The summed E-state index contributed by atoms with van der Waals surface area (Å²) < 4.78 is 13.4. The zero-order chi connectivity index (χ0) is 13.5. The van der Waals surface area contributed by atoms with Gasteiger partial charge < -0.3 is 10.6 Å². The molecular formula is C14H21FN2O. The van der Waals surface area contributed by atoms with E-state index in [1.807, 2.05) is 6.92 Å². The minimum Gasteiger partial charge on any atom is -0.341 e. The highest BCUT2D eigenvalue weighted by atomic mass is 19.1. The first-order valence-electron chi connectivity index (χ1n) is 6.31. The Morgan fingerprint density at radius 1 is 1.39 bits per heavy atom. The standard InChI is InChI=1S/C14H21FN2O/c1-3-7-17(8-6-16)14(18)10-12-5-4-11(2)13(15)9-12/h4-5,9H,3,6-8,10,16H2,1-2H3. The van der Waals surface area contributed by atoms with Crippen LogP contribution in [0.4, 0.5) is 4.39 Å². The lowest BCUT2D eigenvalue weighted by Gasteiger charge is -2.21. The first-order chi connectivity index (χ1) is 8.58. The maximum Gasteiger partial charge on any atom is 0.227 e. The van der Waals surface area contributed by atoms with Crippen LogP contribution in [0.1, 0.15) is 24.5 Å². The molecule has 1 aromatic carbocycles. The molecule has 0 bridgehead atoms. The van der Waals surface area contributed by atoms with Gasteiger partial charge in [-0.25, -0.2) is 4.39 Å². The van der Waals surface area contributed by atoms with Crippen molar-refractivity contribution >= 4 is 5.91 Å². The van der Waals surface area contributed by atoms with Gasteiger partial charge in [0.2, 0.25) is 5.91 Å². The van der Waals surface area contributed by atoms with Crippen LogP contribution in [0, 0.1) is 12.7 Å². The smallest absolute Gasteiger partial charge is 0.227 e. The topological polar surface area (TPSA) is 46.3 Å². The summed E-state index contributed by atoms with van der Waals surface area (Å²) in [5.41, 5.74) is 6.79. The summed E-state index contributed by atoms with van der Waals surface area (Å²) in [6, 6.07) is 4.92. The van der Waals surface area contributed by atoms with Crippen LogP contribution in [0.3, 0.4) is 0 Å². The van der Waals surface area contributed by atoms with Crippen molar-refractivity contribution in [3.63, 3.8) is 0 Å². The minimum absolute atomic E-state index is 0.00514. The molecule has 4 heteroatoms. The Kier molecular flexibility index (Phi) is 5.78. The van der Waals surface area contributed by atoms with Crippen molar-refractivity contribution in [2.24, 2.45) is 5.73 Å². The molecule has 0 unspecified atom stereocenters. The van der Waals surface area contributed by atoms with E-state index in [4.69, 9.17) is 5.73 Å². The maximum atomic E-state index is 13.4. The van der Waals surface area contributed by atoms with Crippen LogP contribution >= 0.6 is 0 Å². The predicted molar refractivity (Wildman–Crippen MR) is 70.8 cm³/mol. The third-order valence-electron chi connectivity index (χ3n) is 2.84. The lowest BCUT2D eigenvalue weighted by molar-refractivity contribution is -0.130. The van der Waals surface area contributed by atoms with E-state index in [-0.39, 0.29) is 18.1 Å². The molecule has 0 aliphatic carbocycles. The number of carbonyl (C=O) groups is 1. The first-order valence-corrected chi connectivity index (χ1v) is 6.31. The molecule has 2 N–H and O–H groups in total. The van der Waals surface area contributed by atoms with Crippen molar-refractivity contribution in [1.29, 1.82) is 0 Å². The molecule has 0 heterocycles. The number of amides is 1. The molecule has 1 amide bonds. The average molecular weight is 252 g/mol. The quantitative estimate of drug-likeness (QED) is 0.840. The van der Waals surface area contributed by atoms with Crippen molar-refractivity contribution in [2.75, 3.05) is 19.6 Å². The Labute approximate surface area is 108 Å². The summed E-state index contributed by atoms with van der Waals surface area (Å²) in [6.07, 6.45) is 1.13. The van der Waals surface area contributed by atoms with E-state index in [2.05, 4.69) is 0 Å². The van der Waals surface area contributed by atoms with Crippen LogP contribution < -0.4 is 5.73 Å². The number of halogens is 1. The number of nitrogens with two attached hydrogens (primary N) is 1. The molecule has 1 aromatic rings. The summed E-state index contributed by atoms with van der Waals surface area (Å²) in [5.74, 6) is -0.258. The highest BCUT2D eigenvalue weighted by Crippen LogP contribution is 2.10. The van der Waals surface area contributed by atoms with Crippen molar-refractivity contribution in [3.8, 4) is 0 Å². The normalized spacial score (nSPS) is 10.4. The number of benzene rings is 1. The van der Waals surface area contributed by atoms with Gasteiger partial charge in [0.1, 0.15) is 5.82 Å². The molecular weight excluding hydrogens is 231 g/mol. The highest BCUT2D eigenvalue weighted by molar-refractivity contribution is 5.78. The summed E-state index contributed by atoms with van der Waals surface area (Å²) in [7, 11) is 0. The molecule has 0 saturated carbocycles. The van der Waals surface area contributed by atoms with Crippen LogP contribution in [-0.4, -0.2) is 30.4 Å². The highest BCUT2D eigenvalue weighted by Gasteiger charge is 2.13. The van der Waals surface area contributed by atoms with Crippen molar-refractivity contribution in [2.45, 2.75) is 26.7 Å². The SMILES string of the molecule is CCCN(CCN)C(=O)Cc1ccc(C)c(F)c1. The third-order valence-corrected chi connectivity index (χ3v) is 2.84. The van der Waals surface area contributed by atoms with Crippen LogP contribution in [0.2, 0.25) is 0 Å². The number of hydrogen-bond donors (Lipinski definition) is 1. The number of aryl methyl sites for hydroxylation is 1. The average Bonchev–Trinajstić information content (AvgIpc) is 2.33.